The van der Waals surface area contributed by atoms with E-state index in [2.05, 4.69) is 12.2 Å². The second-order valence-electron chi connectivity index (χ2n) is 3.76. The summed E-state index contributed by atoms with van der Waals surface area (Å²) in [6, 6.07) is 0.679. The quantitative estimate of drug-likeness (QED) is 0.500. The van der Waals surface area contributed by atoms with Crippen molar-refractivity contribution in [3.8, 4) is 0 Å². The number of nitrogens with one attached hydrogen (secondary N) is 1. The molecule has 3 heteroatoms. The first-order valence-electron chi connectivity index (χ1n) is 4.74. The summed E-state index contributed by atoms with van der Waals surface area (Å²) in [5.41, 5.74) is 0.455. The predicted molar refractivity (Wildman–Crippen MR) is 51.6 cm³/mol. The van der Waals surface area contributed by atoms with E-state index in [-0.39, 0.29) is 0 Å². The molecule has 0 radical (unpaired) electrons. The molecule has 1 saturated heterocycles. The van der Waals surface area contributed by atoms with E-state index in [0.29, 0.717) is 17.5 Å². The molecule has 1 rings (SSSR count). The number of carboxylic acid groups (broad SMARTS) is 1. The molecule has 0 aliphatic carbocycles. The first-order valence-corrected chi connectivity index (χ1v) is 4.74. The van der Waals surface area contributed by atoms with Crippen LogP contribution in [0.15, 0.2) is 11.6 Å². The largest absolute Gasteiger partial charge is 0.478 e. The van der Waals surface area contributed by atoms with E-state index in [1.54, 1.807) is 13.0 Å². The van der Waals surface area contributed by atoms with E-state index in [1.165, 1.54) is 0 Å². The maximum absolute atomic E-state index is 10.4. The number of aliphatic carboxylic acids is 1. The summed E-state index contributed by atoms with van der Waals surface area (Å²) in [6.45, 7) is 4.97. The van der Waals surface area contributed by atoms with Gasteiger partial charge in [0.15, 0.2) is 0 Å². The van der Waals surface area contributed by atoms with Gasteiger partial charge in [-0.2, -0.15) is 0 Å². The fraction of sp³-hybridized carbons (Fsp3) is 0.700. The fourth-order valence-electron chi connectivity index (χ4n) is 1.32. The summed E-state index contributed by atoms with van der Waals surface area (Å²) < 4.78 is 0. The molecule has 1 fully saturated rings. The predicted octanol–water partition coefficient (Wildman–Crippen LogP) is 1.41. The van der Waals surface area contributed by atoms with Gasteiger partial charge in [0, 0.05) is 18.2 Å². The fourth-order valence-corrected chi connectivity index (χ4v) is 1.32. The molecule has 1 aliphatic heterocycles. The monoisotopic (exact) mass is 183 g/mol. The van der Waals surface area contributed by atoms with Gasteiger partial charge in [-0.25, -0.2) is 4.79 Å². The van der Waals surface area contributed by atoms with E-state index < -0.39 is 5.97 Å². The molecule has 0 spiro atoms. The Balaban J connectivity index is 2.18. The highest BCUT2D eigenvalue weighted by atomic mass is 16.4. The van der Waals surface area contributed by atoms with Crippen LogP contribution in [0.4, 0.5) is 0 Å². The zero-order chi connectivity index (χ0) is 9.84. The van der Waals surface area contributed by atoms with Gasteiger partial charge in [0.05, 0.1) is 0 Å². The lowest BCUT2D eigenvalue weighted by atomic mass is 10.0. The van der Waals surface area contributed by atoms with E-state index in [0.717, 1.165) is 19.4 Å². The average Bonchev–Trinajstić information content (AvgIpc) is 2.85. The lowest BCUT2D eigenvalue weighted by Gasteiger charge is -2.05. The van der Waals surface area contributed by atoms with Crippen molar-refractivity contribution >= 4 is 5.97 Å². The van der Waals surface area contributed by atoms with Crippen molar-refractivity contribution in [1.82, 2.24) is 5.32 Å². The van der Waals surface area contributed by atoms with Gasteiger partial charge >= 0.3 is 5.97 Å². The maximum atomic E-state index is 10.4. The zero-order valence-electron chi connectivity index (χ0n) is 8.21. The van der Waals surface area contributed by atoms with Crippen LogP contribution in [0.3, 0.4) is 0 Å². The molecule has 0 bridgehead atoms. The molecule has 13 heavy (non-hydrogen) atoms. The van der Waals surface area contributed by atoms with Crippen molar-refractivity contribution in [3.05, 3.63) is 11.6 Å². The van der Waals surface area contributed by atoms with Gasteiger partial charge in [0.2, 0.25) is 0 Å². The number of carbonyl (C=O) groups is 1. The molecule has 2 atom stereocenters. The van der Waals surface area contributed by atoms with Crippen LogP contribution in [0.1, 0.15) is 26.7 Å². The number of rotatable bonds is 5. The Morgan fingerprint density at radius 2 is 2.38 bits per heavy atom. The van der Waals surface area contributed by atoms with Crippen molar-refractivity contribution < 1.29 is 9.90 Å². The maximum Gasteiger partial charge on any atom is 0.330 e. The Hall–Kier alpha value is -0.830. The zero-order valence-corrected chi connectivity index (χ0v) is 8.21. The first kappa shape index (κ1) is 10.3. The normalized spacial score (nSPS) is 24.2. The molecule has 0 saturated carbocycles. The molecular weight excluding hydrogens is 166 g/mol. The van der Waals surface area contributed by atoms with Crippen LogP contribution in [0.2, 0.25) is 0 Å². The molecule has 3 nitrogen and oxygen atoms in total. The van der Waals surface area contributed by atoms with E-state index in [4.69, 9.17) is 5.11 Å². The number of hydrogen-bond acceptors (Lipinski definition) is 2. The number of hydrogen-bond donors (Lipinski definition) is 2. The van der Waals surface area contributed by atoms with Crippen LogP contribution in [-0.4, -0.2) is 23.7 Å². The highest BCUT2D eigenvalue weighted by molar-refractivity contribution is 5.85. The summed E-state index contributed by atoms with van der Waals surface area (Å²) in [5, 5.41) is 11.8. The summed E-state index contributed by atoms with van der Waals surface area (Å²) in [4.78, 5) is 10.4. The minimum atomic E-state index is -0.808. The third kappa shape index (κ3) is 3.59. The lowest BCUT2D eigenvalue weighted by Crippen LogP contribution is -2.05. The van der Waals surface area contributed by atoms with E-state index in [9.17, 15) is 4.79 Å². The van der Waals surface area contributed by atoms with Gasteiger partial charge in [0.25, 0.3) is 0 Å². The second-order valence-corrected chi connectivity index (χ2v) is 3.76. The minimum Gasteiger partial charge on any atom is -0.478 e. The SMILES string of the molecule is CC(=CCCC(C)C1CN1)C(=O)O. The Labute approximate surface area is 78.8 Å². The van der Waals surface area contributed by atoms with Crippen LogP contribution in [-0.2, 0) is 4.79 Å². The molecule has 1 heterocycles. The Bertz CT molecular complexity index is 219. The van der Waals surface area contributed by atoms with Gasteiger partial charge in [0.1, 0.15) is 0 Å². The van der Waals surface area contributed by atoms with Gasteiger partial charge in [-0.15, -0.1) is 0 Å². The first-order chi connectivity index (χ1) is 6.11. The third-order valence-corrected chi connectivity index (χ3v) is 2.54. The Morgan fingerprint density at radius 1 is 1.77 bits per heavy atom. The summed E-state index contributed by atoms with van der Waals surface area (Å²) in [6.07, 6.45) is 3.75. The van der Waals surface area contributed by atoms with Crippen LogP contribution >= 0.6 is 0 Å². The standard InChI is InChI=1S/C10H17NO2/c1-7(9-6-11-9)4-3-5-8(2)10(12)13/h5,7,9,11H,3-4,6H2,1-2H3,(H,12,13). The van der Waals surface area contributed by atoms with Gasteiger partial charge in [-0.3, -0.25) is 0 Å². The molecule has 0 amide bonds. The summed E-state index contributed by atoms with van der Waals surface area (Å²) in [5.74, 6) is -0.143. The van der Waals surface area contributed by atoms with Gasteiger partial charge < -0.3 is 10.4 Å². The van der Waals surface area contributed by atoms with Crippen molar-refractivity contribution in [2.45, 2.75) is 32.7 Å². The van der Waals surface area contributed by atoms with Crippen LogP contribution in [0.25, 0.3) is 0 Å². The molecule has 0 aromatic rings. The van der Waals surface area contributed by atoms with Crippen molar-refractivity contribution in [3.63, 3.8) is 0 Å². The Morgan fingerprint density at radius 3 is 2.85 bits per heavy atom. The van der Waals surface area contributed by atoms with E-state index >= 15 is 0 Å². The van der Waals surface area contributed by atoms with Crippen LogP contribution in [0, 0.1) is 5.92 Å². The minimum absolute atomic E-state index is 0.455. The number of carboxylic acids is 1. The van der Waals surface area contributed by atoms with E-state index in [1.807, 2.05) is 0 Å². The summed E-state index contributed by atoms with van der Waals surface area (Å²) in [7, 11) is 0. The molecule has 74 valence electrons. The van der Waals surface area contributed by atoms with Gasteiger partial charge in [-0.05, 0) is 25.7 Å². The topological polar surface area (TPSA) is 59.2 Å². The molecular formula is C10H17NO2. The molecule has 0 aromatic carbocycles. The van der Waals surface area contributed by atoms with Crippen LogP contribution < -0.4 is 5.32 Å². The lowest BCUT2D eigenvalue weighted by molar-refractivity contribution is -0.132. The van der Waals surface area contributed by atoms with Crippen molar-refractivity contribution in [2.24, 2.45) is 5.92 Å². The number of allylic oxidation sites excluding steroid dienone is 1. The molecule has 2 N–H and O–H groups in total. The summed E-state index contributed by atoms with van der Waals surface area (Å²) >= 11 is 0. The smallest absolute Gasteiger partial charge is 0.330 e. The second kappa shape index (κ2) is 4.42. The Kier molecular flexibility index (Phi) is 3.48. The average molecular weight is 183 g/mol. The third-order valence-electron chi connectivity index (χ3n) is 2.54. The van der Waals surface area contributed by atoms with Crippen molar-refractivity contribution in [1.29, 1.82) is 0 Å². The van der Waals surface area contributed by atoms with Crippen LogP contribution in [0.5, 0.6) is 0 Å². The highest BCUT2D eigenvalue weighted by Crippen LogP contribution is 2.17. The molecule has 0 aromatic heterocycles. The molecule has 1 aliphatic rings. The van der Waals surface area contributed by atoms with Crippen molar-refractivity contribution in [2.75, 3.05) is 6.54 Å². The molecule has 2 unspecified atom stereocenters. The highest BCUT2D eigenvalue weighted by Gasteiger charge is 2.25. The van der Waals surface area contributed by atoms with Gasteiger partial charge in [-0.1, -0.05) is 13.0 Å².